The number of anilines is 1. The lowest BCUT2D eigenvalue weighted by molar-refractivity contribution is -0.123. The molecule has 0 aromatic heterocycles. The molecule has 1 aliphatic heterocycles. The molecule has 0 radical (unpaired) electrons. The van der Waals surface area contributed by atoms with E-state index in [1.54, 1.807) is 0 Å². The van der Waals surface area contributed by atoms with Gasteiger partial charge in [-0.05, 0) is 55.7 Å². The van der Waals surface area contributed by atoms with Crippen LogP contribution in [0, 0.1) is 5.92 Å². The number of benzene rings is 2. The van der Waals surface area contributed by atoms with E-state index in [4.69, 9.17) is 5.73 Å². The smallest absolute Gasteiger partial charge is 0.246 e. The van der Waals surface area contributed by atoms with Gasteiger partial charge in [-0.15, -0.1) is 0 Å². The van der Waals surface area contributed by atoms with E-state index in [0.29, 0.717) is 0 Å². The summed E-state index contributed by atoms with van der Waals surface area (Å²) in [4.78, 5) is 29.1. The second-order valence-corrected chi connectivity index (χ2v) is 8.20. The van der Waals surface area contributed by atoms with Gasteiger partial charge >= 0.3 is 0 Å². The van der Waals surface area contributed by atoms with E-state index in [0.717, 1.165) is 62.4 Å². The Balaban J connectivity index is 1.65. The van der Waals surface area contributed by atoms with Gasteiger partial charge in [0.2, 0.25) is 11.8 Å². The number of hydrogen-bond donors (Lipinski definition) is 2. The minimum atomic E-state index is -0.324. The summed E-state index contributed by atoms with van der Waals surface area (Å²) in [6.07, 6.45) is 1.87. The summed E-state index contributed by atoms with van der Waals surface area (Å²) < 4.78 is 0. The number of primary amides is 1. The summed E-state index contributed by atoms with van der Waals surface area (Å²) in [6, 6.07) is 17.6. The highest BCUT2D eigenvalue weighted by Gasteiger charge is 2.26. The van der Waals surface area contributed by atoms with Crippen molar-refractivity contribution < 1.29 is 9.59 Å². The first-order chi connectivity index (χ1) is 15.0. The molecule has 3 rings (SSSR count). The van der Waals surface area contributed by atoms with Crippen molar-refractivity contribution in [2.24, 2.45) is 11.7 Å². The zero-order valence-corrected chi connectivity index (χ0v) is 18.6. The van der Waals surface area contributed by atoms with Gasteiger partial charge in [-0.3, -0.25) is 19.4 Å². The Hall–Kier alpha value is -2.70. The Kier molecular flexibility index (Phi) is 8.20. The highest BCUT2D eigenvalue weighted by Crippen LogP contribution is 2.23. The normalized spacial score (nSPS) is 18.0. The molecule has 166 valence electrons. The molecule has 2 atom stereocenters. The van der Waals surface area contributed by atoms with Crippen molar-refractivity contribution in [1.29, 1.82) is 0 Å². The zero-order valence-electron chi connectivity index (χ0n) is 18.6. The quantitative estimate of drug-likeness (QED) is 0.649. The fourth-order valence-electron chi connectivity index (χ4n) is 4.35. The van der Waals surface area contributed by atoms with E-state index in [-0.39, 0.29) is 23.8 Å². The molecule has 2 unspecified atom stereocenters. The Morgan fingerprint density at radius 2 is 1.77 bits per heavy atom. The topological polar surface area (TPSA) is 78.7 Å². The van der Waals surface area contributed by atoms with Gasteiger partial charge in [0.05, 0.1) is 5.92 Å². The summed E-state index contributed by atoms with van der Waals surface area (Å²) in [5.74, 6) is -0.283. The maximum absolute atomic E-state index is 13.2. The molecule has 6 heteroatoms. The summed E-state index contributed by atoms with van der Waals surface area (Å²) in [7, 11) is 0. The first-order valence-electron chi connectivity index (χ1n) is 11.2. The van der Waals surface area contributed by atoms with Crippen LogP contribution in [0.5, 0.6) is 0 Å². The third-order valence-electron chi connectivity index (χ3n) is 6.08. The molecule has 6 nitrogen and oxygen atoms in total. The molecule has 0 saturated carbocycles. The molecule has 2 amide bonds. The Labute approximate surface area is 185 Å². The summed E-state index contributed by atoms with van der Waals surface area (Å²) in [5, 5.41) is 3.09. The number of piperidine rings is 1. The lowest BCUT2D eigenvalue weighted by Gasteiger charge is -2.31. The SMILES string of the molecule is CCN(CC)C(C(=O)Nc1ccc(CN2CCCC(C(N)=O)C2)cc1)c1ccccc1. The predicted molar refractivity (Wildman–Crippen MR) is 124 cm³/mol. The van der Waals surface area contributed by atoms with Crippen LogP contribution in [0.15, 0.2) is 54.6 Å². The van der Waals surface area contributed by atoms with E-state index < -0.39 is 0 Å². The molecular formula is C25H34N4O2. The summed E-state index contributed by atoms with van der Waals surface area (Å²) in [5.41, 5.74) is 8.43. The third-order valence-corrected chi connectivity index (χ3v) is 6.08. The van der Waals surface area contributed by atoms with Gasteiger partial charge in [0, 0.05) is 18.8 Å². The van der Waals surface area contributed by atoms with Crippen molar-refractivity contribution in [2.75, 3.05) is 31.5 Å². The Morgan fingerprint density at radius 3 is 2.39 bits per heavy atom. The van der Waals surface area contributed by atoms with E-state index in [1.165, 1.54) is 0 Å². The number of carbonyl (C=O) groups excluding carboxylic acids is 2. The highest BCUT2D eigenvalue weighted by atomic mass is 16.2. The van der Waals surface area contributed by atoms with Gasteiger partial charge in [-0.2, -0.15) is 0 Å². The number of nitrogens with two attached hydrogens (primary N) is 1. The van der Waals surface area contributed by atoms with E-state index >= 15 is 0 Å². The van der Waals surface area contributed by atoms with Crippen LogP contribution in [0.4, 0.5) is 5.69 Å². The number of amides is 2. The number of rotatable bonds is 9. The van der Waals surface area contributed by atoms with Crippen LogP contribution in [0.1, 0.15) is 43.9 Å². The van der Waals surface area contributed by atoms with Crippen molar-refractivity contribution in [3.05, 3.63) is 65.7 Å². The Bertz CT molecular complexity index is 850. The molecule has 0 spiro atoms. The standard InChI is InChI=1S/C25H34N4O2/c1-3-29(4-2)23(20-9-6-5-7-10-20)25(31)27-22-14-12-19(13-15-22)17-28-16-8-11-21(18-28)24(26)30/h5-7,9-10,12-15,21,23H,3-4,8,11,16-18H2,1-2H3,(H2,26,30)(H,27,31). The van der Waals surface area contributed by atoms with Gasteiger partial charge in [0.25, 0.3) is 0 Å². The van der Waals surface area contributed by atoms with Crippen LogP contribution in [-0.4, -0.2) is 47.8 Å². The second-order valence-electron chi connectivity index (χ2n) is 8.20. The monoisotopic (exact) mass is 422 g/mol. The summed E-state index contributed by atoms with van der Waals surface area (Å²) in [6.45, 7) is 8.22. The highest BCUT2D eigenvalue weighted by molar-refractivity contribution is 5.95. The third kappa shape index (κ3) is 6.15. The number of likely N-dealkylation sites (N-methyl/N-ethyl adjacent to an activating group) is 1. The van der Waals surface area contributed by atoms with Crippen LogP contribution in [0.2, 0.25) is 0 Å². The van der Waals surface area contributed by atoms with Crippen molar-refractivity contribution in [3.8, 4) is 0 Å². The van der Waals surface area contributed by atoms with Gasteiger partial charge in [0.1, 0.15) is 6.04 Å². The van der Waals surface area contributed by atoms with Gasteiger partial charge in [0.15, 0.2) is 0 Å². The first kappa shape index (κ1) is 23.0. The van der Waals surface area contributed by atoms with Crippen molar-refractivity contribution in [2.45, 2.75) is 39.3 Å². The largest absolute Gasteiger partial charge is 0.369 e. The van der Waals surface area contributed by atoms with E-state index in [9.17, 15) is 9.59 Å². The number of hydrogen-bond acceptors (Lipinski definition) is 4. The Morgan fingerprint density at radius 1 is 1.10 bits per heavy atom. The molecule has 2 aromatic carbocycles. The van der Waals surface area contributed by atoms with Crippen LogP contribution in [0.3, 0.4) is 0 Å². The van der Waals surface area contributed by atoms with Crippen LogP contribution >= 0.6 is 0 Å². The van der Waals surface area contributed by atoms with E-state index in [2.05, 4.69) is 29.0 Å². The van der Waals surface area contributed by atoms with Crippen LogP contribution in [-0.2, 0) is 16.1 Å². The second kappa shape index (κ2) is 11.1. The molecule has 1 aliphatic rings. The van der Waals surface area contributed by atoms with Crippen molar-refractivity contribution in [1.82, 2.24) is 9.80 Å². The average Bonchev–Trinajstić information content (AvgIpc) is 2.79. The molecule has 1 heterocycles. The lowest BCUT2D eigenvalue weighted by atomic mass is 9.97. The summed E-state index contributed by atoms with van der Waals surface area (Å²) >= 11 is 0. The lowest BCUT2D eigenvalue weighted by Crippen LogP contribution is -2.40. The number of carbonyl (C=O) groups is 2. The van der Waals surface area contributed by atoms with Gasteiger partial charge < -0.3 is 11.1 Å². The van der Waals surface area contributed by atoms with Gasteiger partial charge in [-0.1, -0.05) is 56.3 Å². The molecule has 0 aliphatic carbocycles. The molecule has 2 aromatic rings. The van der Waals surface area contributed by atoms with Crippen molar-refractivity contribution in [3.63, 3.8) is 0 Å². The van der Waals surface area contributed by atoms with Crippen molar-refractivity contribution >= 4 is 17.5 Å². The average molecular weight is 423 g/mol. The fraction of sp³-hybridized carbons (Fsp3) is 0.440. The van der Waals surface area contributed by atoms with Crippen LogP contribution in [0.25, 0.3) is 0 Å². The first-order valence-corrected chi connectivity index (χ1v) is 11.2. The molecule has 31 heavy (non-hydrogen) atoms. The minimum absolute atomic E-state index is 0.0250. The fourth-order valence-corrected chi connectivity index (χ4v) is 4.35. The van der Waals surface area contributed by atoms with Crippen LogP contribution < -0.4 is 11.1 Å². The number of likely N-dealkylation sites (tertiary alicyclic amines) is 1. The minimum Gasteiger partial charge on any atom is -0.369 e. The molecule has 0 bridgehead atoms. The molecule has 3 N–H and O–H groups in total. The maximum atomic E-state index is 13.2. The number of nitrogens with zero attached hydrogens (tertiary/aromatic N) is 2. The zero-order chi connectivity index (χ0) is 22.2. The maximum Gasteiger partial charge on any atom is 0.246 e. The molecule has 1 saturated heterocycles. The molecule has 1 fully saturated rings. The number of nitrogens with one attached hydrogen (secondary N) is 1. The van der Waals surface area contributed by atoms with E-state index in [1.807, 2.05) is 54.6 Å². The molecular weight excluding hydrogens is 388 g/mol. The predicted octanol–water partition coefficient (Wildman–Crippen LogP) is 3.41. The van der Waals surface area contributed by atoms with Gasteiger partial charge in [-0.25, -0.2) is 0 Å².